The largest absolute Gasteiger partial charge is 0.381 e. The van der Waals surface area contributed by atoms with E-state index in [4.69, 9.17) is 4.74 Å². The van der Waals surface area contributed by atoms with Gasteiger partial charge in [-0.1, -0.05) is 12.1 Å². The molecule has 1 fully saturated rings. The minimum atomic E-state index is -0.236. The molecule has 4 nitrogen and oxygen atoms in total. The number of rotatable bonds is 7. The average molecular weight is 294 g/mol. The lowest BCUT2D eigenvalue weighted by molar-refractivity contribution is -0.122. The highest BCUT2D eigenvalue weighted by Gasteiger charge is 2.18. The van der Waals surface area contributed by atoms with E-state index in [0.29, 0.717) is 25.4 Å². The van der Waals surface area contributed by atoms with Crippen molar-refractivity contribution in [1.82, 2.24) is 10.2 Å². The van der Waals surface area contributed by atoms with Crippen LogP contribution in [0.1, 0.15) is 12.0 Å². The summed E-state index contributed by atoms with van der Waals surface area (Å²) >= 11 is 0. The molecule has 1 aromatic rings. The topological polar surface area (TPSA) is 41.6 Å². The van der Waals surface area contributed by atoms with E-state index in [2.05, 4.69) is 5.32 Å². The lowest BCUT2D eigenvalue weighted by atomic mass is 10.1. The quantitative estimate of drug-likeness (QED) is 0.827. The lowest BCUT2D eigenvalue weighted by Gasteiger charge is -2.19. The number of hydrogen-bond acceptors (Lipinski definition) is 3. The van der Waals surface area contributed by atoms with Gasteiger partial charge in [-0.25, -0.2) is 4.39 Å². The predicted molar refractivity (Wildman–Crippen MR) is 79.5 cm³/mol. The first-order valence-electron chi connectivity index (χ1n) is 7.41. The monoisotopic (exact) mass is 294 g/mol. The Hall–Kier alpha value is -1.46. The zero-order chi connectivity index (χ0) is 15.1. The Bertz CT molecular complexity index is 444. The highest BCUT2D eigenvalue weighted by atomic mass is 19.1. The van der Waals surface area contributed by atoms with Gasteiger partial charge in [-0.2, -0.15) is 0 Å². The number of ether oxygens (including phenoxy) is 1. The van der Waals surface area contributed by atoms with Gasteiger partial charge in [-0.3, -0.25) is 9.69 Å². The van der Waals surface area contributed by atoms with Gasteiger partial charge in [0.05, 0.1) is 13.2 Å². The van der Waals surface area contributed by atoms with Crippen molar-refractivity contribution in [1.29, 1.82) is 0 Å². The van der Waals surface area contributed by atoms with Gasteiger partial charge in [-0.05, 0) is 43.5 Å². The standard InChI is InChI=1S/C16H23FN2O2/c1-19(10-14-7-9-21-12-14)11-16(20)18-8-6-13-2-4-15(17)5-3-13/h2-5,14H,6-12H2,1H3,(H,18,20). The van der Waals surface area contributed by atoms with Crippen molar-refractivity contribution >= 4 is 5.91 Å². The first kappa shape index (κ1) is 15.9. The third-order valence-electron chi connectivity index (χ3n) is 3.66. The second kappa shape index (κ2) is 8.10. The first-order chi connectivity index (χ1) is 10.1. The smallest absolute Gasteiger partial charge is 0.234 e. The summed E-state index contributed by atoms with van der Waals surface area (Å²) in [4.78, 5) is 13.9. The number of amides is 1. The first-order valence-corrected chi connectivity index (χ1v) is 7.41. The zero-order valence-electron chi connectivity index (χ0n) is 12.5. The molecule has 1 aliphatic heterocycles. The third kappa shape index (κ3) is 5.81. The van der Waals surface area contributed by atoms with Crippen molar-refractivity contribution in [2.75, 3.05) is 39.9 Å². The van der Waals surface area contributed by atoms with E-state index in [1.165, 1.54) is 12.1 Å². The van der Waals surface area contributed by atoms with Gasteiger partial charge in [0.1, 0.15) is 5.82 Å². The Morgan fingerprint density at radius 3 is 2.86 bits per heavy atom. The highest BCUT2D eigenvalue weighted by Crippen LogP contribution is 2.12. The van der Waals surface area contributed by atoms with E-state index in [1.807, 2.05) is 11.9 Å². The number of likely N-dealkylation sites (N-methyl/N-ethyl adjacent to an activating group) is 1. The van der Waals surface area contributed by atoms with Crippen LogP contribution in [0.25, 0.3) is 0 Å². The Morgan fingerprint density at radius 1 is 1.43 bits per heavy atom. The summed E-state index contributed by atoms with van der Waals surface area (Å²) in [7, 11) is 1.96. The molecule has 1 heterocycles. The molecule has 1 aromatic carbocycles. The Morgan fingerprint density at radius 2 is 2.19 bits per heavy atom. The summed E-state index contributed by atoms with van der Waals surface area (Å²) in [5.41, 5.74) is 1.02. The summed E-state index contributed by atoms with van der Waals surface area (Å²) in [6.07, 6.45) is 1.79. The summed E-state index contributed by atoms with van der Waals surface area (Å²) in [6, 6.07) is 6.37. The van der Waals surface area contributed by atoms with Crippen molar-refractivity contribution in [3.63, 3.8) is 0 Å². The summed E-state index contributed by atoms with van der Waals surface area (Å²) in [6.45, 7) is 3.51. The minimum absolute atomic E-state index is 0.0264. The second-order valence-electron chi connectivity index (χ2n) is 5.65. The number of halogens is 1. The SMILES string of the molecule is CN(CC(=O)NCCc1ccc(F)cc1)CC1CCOC1. The molecule has 0 aromatic heterocycles. The lowest BCUT2D eigenvalue weighted by Crippen LogP contribution is -2.38. The van der Waals surface area contributed by atoms with Gasteiger partial charge in [0.25, 0.3) is 0 Å². The van der Waals surface area contributed by atoms with E-state index in [1.54, 1.807) is 12.1 Å². The molecule has 1 aliphatic rings. The van der Waals surface area contributed by atoms with E-state index >= 15 is 0 Å². The van der Waals surface area contributed by atoms with Crippen molar-refractivity contribution in [3.8, 4) is 0 Å². The molecule has 0 spiro atoms. The van der Waals surface area contributed by atoms with Gasteiger partial charge in [0, 0.05) is 19.7 Å². The highest BCUT2D eigenvalue weighted by molar-refractivity contribution is 5.77. The van der Waals surface area contributed by atoms with E-state index in [9.17, 15) is 9.18 Å². The van der Waals surface area contributed by atoms with Crippen LogP contribution in [-0.2, 0) is 16.0 Å². The predicted octanol–water partition coefficient (Wildman–Crippen LogP) is 1.45. The Kier molecular flexibility index (Phi) is 6.14. The molecular weight excluding hydrogens is 271 g/mol. The second-order valence-corrected chi connectivity index (χ2v) is 5.65. The molecule has 1 saturated heterocycles. The van der Waals surface area contributed by atoms with Gasteiger partial charge in [0.2, 0.25) is 5.91 Å². The molecule has 5 heteroatoms. The summed E-state index contributed by atoms with van der Waals surface area (Å²) < 4.78 is 18.1. The number of nitrogens with zero attached hydrogens (tertiary/aromatic N) is 1. The van der Waals surface area contributed by atoms with Crippen molar-refractivity contribution < 1.29 is 13.9 Å². The van der Waals surface area contributed by atoms with Crippen molar-refractivity contribution in [3.05, 3.63) is 35.6 Å². The van der Waals surface area contributed by atoms with Crippen LogP contribution < -0.4 is 5.32 Å². The van der Waals surface area contributed by atoms with Crippen LogP contribution in [-0.4, -0.2) is 50.7 Å². The van der Waals surface area contributed by atoms with Crippen LogP contribution in [0.2, 0.25) is 0 Å². The van der Waals surface area contributed by atoms with Crippen LogP contribution in [0.4, 0.5) is 4.39 Å². The van der Waals surface area contributed by atoms with Crippen LogP contribution in [0.15, 0.2) is 24.3 Å². The maximum Gasteiger partial charge on any atom is 0.234 e. The van der Waals surface area contributed by atoms with Crippen LogP contribution in [0.3, 0.4) is 0 Å². The summed E-state index contributed by atoms with van der Waals surface area (Å²) in [5, 5.41) is 2.90. The molecule has 1 unspecified atom stereocenters. The maximum atomic E-state index is 12.8. The Labute approximate surface area is 125 Å². The van der Waals surface area contributed by atoms with E-state index in [-0.39, 0.29) is 11.7 Å². The average Bonchev–Trinajstić information content (AvgIpc) is 2.93. The fourth-order valence-electron chi connectivity index (χ4n) is 2.53. The molecule has 0 saturated carbocycles. The molecule has 1 N–H and O–H groups in total. The Balaban J connectivity index is 1.61. The zero-order valence-corrected chi connectivity index (χ0v) is 12.5. The number of benzene rings is 1. The van der Waals surface area contributed by atoms with Crippen molar-refractivity contribution in [2.24, 2.45) is 5.92 Å². The van der Waals surface area contributed by atoms with Gasteiger partial charge in [-0.15, -0.1) is 0 Å². The van der Waals surface area contributed by atoms with Gasteiger partial charge in [0.15, 0.2) is 0 Å². The number of hydrogen-bond donors (Lipinski definition) is 1. The van der Waals surface area contributed by atoms with Crippen molar-refractivity contribution in [2.45, 2.75) is 12.8 Å². The molecule has 0 aliphatic carbocycles. The number of carbonyl (C=O) groups is 1. The normalized spacial score (nSPS) is 18.1. The van der Waals surface area contributed by atoms with Crippen LogP contribution in [0, 0.1) is 11.7 Å². The number of nitrogens with one attached hydrogen (secondary N) is 1. The molecule has 0 bridgehead atoms. The van der Waals surface area contributed by atoms with Gasteiger partial charge < -0.3 is 10.1 Å². The van der Waals surface area contributed by atoms with Crippen LogP contribution >= 0.6 is 0 Å². The molecule has 2 rings (SSSR count). The minimum Gasteiger partial charge on any atom is -0.381 e. The van der Waals surface area contributed by atoms with E-state index in [0.717, 1.165) is 31.7 Å². The summed E-state index contributed by atoms with van der Waals surface area (Å²) in [5.74, 6) is 0.334. The molecular formula is C16H23FN2O2. The molecule has 116 valence electrons. The maximum absolute atomic E-state index is 12.8. The van der Waals surface area contributed by atoms with E-state index < -0.39 is 0 Å². The van der Waals surface area contributed by atoms with Gasteiger partial charge >= 0.3 is 0 Å². The van der Waals surface area contributed by atoms with Crippen LogP contribution in [0.5, 0.6) is 0 Å². The fourth-order valence-corrected chi connectivity index (χ4v) is 2.53. The third-order valence-corrected chi connectivity index (χ3v) is 3.66. The number of carbonyl (C=O) groups excluding carboxylic acids is 1. The molecule has 1 atom stereocenters. The molecule has 21 heavy (non-hydrogen) atoms. The fraction of sp³-hybridized carbons (Fsp3) is 0.562. The molecule has 1 amide bonds. The molecule has 0 radical (unpaired) electrons.